The summed E-state index contributed by atoms with van der Waals surface area (Å²) < 4.78 is 4.56. The lowest BCUT2D eigenvalue weighted by molar-refractivity contribution is 1.07. The Bertz CT molecular complexity index is 7870. The molecule has 0 bridgehead atoms. The largest absolute Gasteiger partial charge is 0.292 e. The molecule has 0 atom stereocenters. The number of rotatable bonds is 16. The van der Waals surface area contributed by atoms with Crippen LogP contribution in [-0.4, -0.2) is 29.1 Å². The molecule has 4 heterocycles. The van der Waals surface area contributed by atoms with Gasteiger partial charge in [0.1, 0.15) is 11.6 Å². The van der Waals surface area contributed by atoms with Crippen LogP contribution < -0.4 is 0 Å². The summed E-state index contributed by atoms with van der Waals surface area (Å²) in [6.45, 7) is 0. The minimum absolute atomic E-state index is 0.883. The summed E-state index contributed by atoms with van der Waals surface area (Å²) in [6, 6.07) is 173. The molecule has 4 aromatic heterocycles. The first-order valence-corrected chi connectivity index (χ1v) is 42.9. The second-order valence-electron chi connectivity index (χ2n) is 31.9. The van der Waals surface area contributed by atoms with Crippen LogP contribution in [0.2, 0.25) is 0 Å². The van der Waals surface area contributed by atoms with Crippen LogP contribution in [0.15, 0.2) is 485 Å². The van der Waals surface area contributed by atoms with Gasteiger partial charge in [-0.3, -0.25) is 9.13 Å². The van der Waals surface area contributed by atoms with Gasteiger partial charge >= 0.3 is 0 Å². The van der Waals surface area contributed by atoms with Crippen molar-refractivity contribution in [2.24, 2.45) is 0 Å². The molecule has 0 spiro atoms. The van der Waals surface area contributed by atoms with Crippen molar-refractivity contribution >= 4 is 54.4 Å². The molecule has 0 radical (unpaired) electrons. The first-order valence-electron chi connectivity index (χ1n) is 42.9. The highest BCUT2D eigenvalue weighted by molar-refractivity contribution is 6.18. The van der Waals surface area contributed by atoms with E-state index in [0.717, 1.165) is 145 Å². The van der Waals surface area contributed by atoms with Crippen molar-refractivity contribution in [3.63, 3.8) is 0 Å². The molecule has 0 amide bonds. The molecule has 0 saturated heterocycles. The van der Waals surface area contributed by atoms with Gasteiger partial charge in [-0.25, -0.2) is 19.9 Å². The Morgan fingerprint density at radius 3 is 0.825 bits per heavy atom. The van der Waals surface area contributed by atoms with Crippen molar-refractivity contribution in [3.8, 4) is 168 Å². The topological polar surface area (TPSA) is 61.4 Å². The third-order valence-corrected chi connectivity index (χ3v) is 24.3. The smallest absolute Gasteiger partial charge is 0.145 e. The average Bonchev–Trinajstić information content (AvgIpc) is 0.927. The van der Waals surface area contributed by atoms with Crippen LogP contribution in [0.5, 0.6) is 0 Å². The maximum atomic E-state index is 5.57. The molecule has 0 aliphatic heterocycles. The van der Waals surface area contributed by atoms with Crippen LogP contribution in [0.25, 0.3) is 223 Å². The van der Waals surface area contributed by atoms with Crippen LogP contribution in [-0.2, 0) is 0 Å². The Balaban J connectivity index is 0.000000150. The van der Waals surface area contributed by atoms with Gasteiger partial charge in [-0.05, 0) is 160 Å². The molecule has 0 aliphatic carbocycles. The zero-order valence-corrected chi connectivity index (χ0v) is 68.9. The highest BCUT2D eigenvalue weighted by Crippen LogP contribution is 2.46. The van der Waals surface area contributed by atoms with Gasteiger partial charge in [0.15, 0.2) is 0 Å². The number of benzene rings is 19. The predicted octanol–water partition coefficient (Wildman–Crippen LogP) is 31.6. The van der Waals surface area contributed by atoms with Gasteiger partial charge in [-0.1, -0.05) is 425 Å². The van der Waals surface area contributed by atoms with Gasteiger partial charge in [0.2, 0.25) is 0 Å². The zero-order valence-electron chi connectivity index (χ0n) is 68.9. The Kier molecular flexibility index (Phi) is 19.9. The summed E-state index contributed by atoms with van der Waals surface area (Å²) >= 11 is 0. The van der Waals surface area contributed by atoms with Gasteiger partial charge in [0, 0.05) is 66.3 Å². The van der Waals surface area contributed by atoms with Crippen LogP contribution in [0.4, 0.5) is 0 Å². The molecule has 0 fully saturated rings. The van der Waals surface area contributed by atoms with E-state index in [-0.39, 0.29) is 0 Å². The van der Waals surface area contributed by atoms with Crippen molar-refractivity contribution in [3.05, 3.63) is 485 Å². The molecule has 126 heavy (non-hydrogen) atoms. The molecule has 0 saturated carbocycles. The van der Waals surface area contributed by atoms with E-state index >= 15 is 0 Å². The van der Waals surface area contributed by atoms with Crippen molar-refractivity contribution in [2.45, 2.75) is 0 Å². The first kappa shape index (κ1) is 75.4. The Morgan fingerprint density at radius 2 is 0.437 bits per heavy atom. The van der Waals surface area contributed by atoms with E-state index in [9.17, 15) is 0 Å². The Morgan fingerprint density at radius 1 is 0.159 bits per heavy atom. The highest BCUT2D eigenvalue weighted by Gasteiger charge is 2.26. The molecule has 19 aromatic carbocycles. The number of aromatic nitrogens is 6. The van der Waals surface area contributed by atoms with Gasteiger partial charge in [-0.15, -0.1) is 0 Å². The highest BCUT2D eigenvalue weighted by atomic mass is 15.1. The molecule has 0 N–H and O–H groups in total. The minimum Gasteiger partial charge on any atom is -0.292 e. The number of imidazole rings is 2. The van der Waals surface area contributed by atoms with Crippen molar-refractivity contribution in [2.75, 3.05) is 0 Å². The Hall–Kier alpha value is -16.8. The van der Waals surface area contributed by atoms with E-state index < -0.39 is 0 Å². The normalized spacial score (nSPS) is 11.3. The number of hydrogen-bond acceptors (Lipinski definition) is 4. The van der Waals surface area contributed by atoms with E-state index in [1.165, 1.54) is 77.5 Å². The van der Waals surface area contributed by atoms with Crippen LogP contribution in [0, 0.1) is 0 Å². The standard InChI is InChI=1S/C64H43N3.C56H37N3/c1-6-18-44(19-7-1)46-30-34-48(35-31-46)57-42-59-58(49-36-32-47(33-37-49)45-20-8-2-9-21-45)43-60(65-62(59)56-29-17-16-28-55(56)57)50-38-40-54(41-39-50)67-63(52-24-12-4-13-25-52)61(51-22-10-3-11-23-51)66-64(67)53-26-14-5-15-27-53;1-5-15-38(16-6-1)40-25-29-42(30-26-40)49-36-51-50(43-31-27-41(28-32-43)39-17-7-2-8-18-39)37-52(57-55(51)48-24-14-13-23-47(48)49)45-33-34-54-53(35-45)58-56(44-19-9-3-10-20-44)59(54)46-21-11-4-12-22-46/h1-43H;1-37H. The second kappa shape index (κ2) is 33.3. The molecule has 23 aromatic rings. The van der Waals surface area contributed by atoms with E-state index in [1.54, 1.807) is 0 Å². The molecule has 23 rings (SSSR count). The second-order valence-corrected chi connectivity index (χ2v) is 31.9. The average molecular weight is 1610 g/mol. The molecule has 6 heteroatoms. The van der Waals surface area contributed by atoms with Crippen molar-refractivity contribution < 1.29 is 0 Å². The van der Waals surface area contributed by atoms with E-state index in [4.69, 9.17) is 19.9 Å². The van der Waals surface area contributed by atoms with E-state index in [2.05, 4.69) is 488 Å². The molecule has 0 aliphatic rings. The summed E-state index contributed by atoms with van der Waals surface area (Å²) in [5.41, 5.74) is 35.0. The van der Waals surface area contributed by atoms with E-state index in [1.807, 2.05) is 6.07 Å². The zero-order chi connectivity index (χ0) is 83.6. The lowest BCUT2D eigenvalue weighted by Crippen LogP contribution is -2.00. The van der Waals surface area contributed by atoms with Gasteiger partial charge in [0.05, 0.1) is 44.8 Å². The number of pyridine rings is 2. The third-order valence-electron chi connectivity index (χ3n) is 24.3. The van der Waals surface area contributed by atoms with Gasteiger partial charge in [0.25, 0.3) is 0 Å². The van der Waals surface area contributed by atoms with Gasteiger partial charge in [-0.2, -0.15) is 0 Å². The summed E-state index contributed by atoms with van der Waals surface area (Å²) in [5, 5.41) is 6.81. The third kappa shape index (κ3) is 14.6. The molecular formula is C120H80N6. The van der Waals surface area contributed by atoms with Crippen LogP contribution in [0.3, 0.4) is 0 Å². The minimum atomic E-state index is 0.883. The molecule has 590 valence electrons. The lowest BCUT2D eigenvalue weighted by Gasteiger charge is -2.17. The number of para-hydroxylation sites is 1. The number of fused-ring (bicyclic) bond motifs is 7. The fraction of sp³-hybridized carbons (Fsp3) is 0. The molecule has 6 nitrogen and oxygen atoms in total. The Labute approximate surface area is 732 Å². The fourth-order valence-electron chi connectivity index (χ4n) is 18.0. The van der Waals surface area contributed by atoms with Gasteiger partial charge < -0.3 is 0 Å². The summed E-state index contributed by atoms with van der Waals surface area (Å²) in [4.78, 5) is 21.8. The first-order chi connectivity index (χ1) is 62.5. The van der Waals surface area contributed by atoms with Crippen LogP contribution >= 0.6 is 0 Å². The molecular weight excluding hydrogens is 1530 g/mol. The number of nitrogens with zero attached hydrogens (tertiary/aromatic N) is 6. The van der Waals surface area contributed by atoms with E-state index in [0.29, 0.717) is 0 Å². The van der Waals surface area contributed by atoms with Crippen LogP contribution in [0.1, 0.15) is 0 Å². The monoisotopic (exact) mass is 1600 g/mol. The van der Waals surface area contributed by atoms with Crippen molar-refractivity contribution in [1.82, 2.24) is 29.1 Å². The summed E-state index contributed by atoms with van der Waals surface area (Å²) in [5.74, 6) is 1.79. The maximum Gasteiger partial charge on any atom is 0.145 e. The van der Waals surface area contributed by atoms with Crippen molar-refractivity contribution in [1.29, 1.82) is 0 Å². The fourth-order valence-corrected chi connectivity index (χ4v) is 18.0. The number of hydrogen-bond donors (Lipinski definition) is 0. The summed E-state index contributed by atoms with van der Waals surface area (Å²) in [6.07, 6.45) is 0. The SMILES string of the molecule is c1ccc(-c2ccc(-c3cc4c(-c5ccc(-c6ccccc6)cc5)cc(-c5ccc(-n6c(-c7ccccc7)nc(-c7ccccc7)c6-c6ccccc6)cc5)nc4c4ccccc34)cc2)cc1.c1ccc(-c2ccc(-c3cc4c(-c5ccc(-c6ccccc6)cc5)cc(-c5ccc6c(c5)nc(-c5ccccc5)n6-c5ccccc5)nc4c4ccccc34)cc2)cc1. The maximum absolute atomic E-state index is 5.57. The lowest BCUT2D eigenvalue weighted by atomic mass is 9.90. The predicted molar refractivity (Wildman–Crippen MR) is 526 cm³/mol. The quantitative estimate of drug-likeness (QED) is 0.0905. The molecule has 0 unspecified atom stereocenters. The summed E-state index contributed by atoms with van der Waals surface area (Å²) in [7, 11) is 0.